The quantitative estimate of drug-likeness (QED) is 0.315. The number of morpholine rings is 1. The Kier molecular flexibility index (Phi) is 6.83. The molecule has 4 aromatic rings. The molecule has 0 saturated carbocycles. The fraction of sp³-hybridized carbons (Fsp3) is 0.161. The largest absolute Gasteiger partial charge is 0.495 e. The highest BCUT2D eigenvalue weighted by molar-refractivity contribution is 5.75. The van der Waals surface area contributed by atoms with E-state index < -0.39 is 0 Å². The molecular weight excluding hydrogens is 421 g/mol. The molecule has 0 atom stereocenters. The predicted octanol–water partition coefficient (Wildman–Crippen LogP) is 6.98. The van der Waals surface area contributed by atoms with Crippen molar-refractivity contribution in [2.45, 2.75) is 13.0 Å². The van der Waals surface area contributed by atoms with Crippen molar-refractivity contribution in [3.8, 4) is 11.1 Å². The fourth-order valence-corrected chi connectivity index (χ4v) is 4.56. The van der Waals surface area contributed by atoms with Gasteiger partial charge >= 0.3 is 0 Å². The molecule has 1 aliphatic heterocycles. The molecule has 0 bridgehead atoms. The van der Waals surface area contributed by atoms with Crippen LogP contribution in [0.15, 0.2) is 115 Å². The first kappa shape index (κ1) is 22.1. The summed E-state index contributed by atoms with van der Waals surface area (Å²) in [6.45, 7) is 3.27. The topological polar surface area (TPSA) is 12.5 Å². The molecule has 0 amide bonds. The Morgan fingerprint density at radius 3 is 2.21 bits per heavy atom. The van der Waals surface area contributed by atoms with Crippen molar-refractivity contribution in [1.82, 2.24) is 4.90 Å². The van der Waals surface area contributed by atoms with E-state index in [2.05, 4.69) is 77.7 Å². The Balaban J connectivity index is 1.49. The predicted molar refractivity (Wildman–Crippen MR) is 137 cm³/mol. The maximum Gasteiger partial charge on any atom is 0.123 e. The Hall–Kier alpha value is -3.69. The van der Waals surface area contributed by atoms with Crippen LogP contribution in [0.1, 0.15) is 16.7 Å². The minimum Gasteiger partial charge on any atom is -0.495 e. The molecule has 1 saturated heterocycles. The maximum atomic E-state index is 13.5. The summed E-state index contributed by atoms with van der Waals surface area (Å²) in [5, 5.41) is 0. The van der Waals surface area contributed by atoms with E-state index in [0.29, 0.717) is 6.61 Å². The van der Waals surface area contributed by atoms with Gasteiger partial charge in [0.2, 0.25) is 0 Å². The number of nitrogens with zero attached hydrogens (tertiary/aromatic N) is 1. The summed E-state index contributed by atoms with van der Waals surface area (Å²) in [5.41, 5.74) is 7.02. The molecule has 2 nitrogen and oxygen atoms in total. The third-order valence-electron chi connectivity index (χ3n) is 6.30. The van der Waals surface area contributed by atoms with Gasteiger partial charge in [0.15, 0.2) is 0 Å². The zero-order valence-corrected chi connectivity index (χ0v) is 19.2. The van der Waals surface area contributed by atoms with E-state index in [0.717, 1.165) is 42.9 Å². The van der Waals surface area contributed by atoms with Gasteiger partial charge in [-0.3, -0.25) is 4.90 Å². The normalized spacial score (nSPS) is 15.6. The second-order valence-electron chi connectivity index (χ2n) is 8.65. The monoisotopic (exact) mass is 449 g/mol. The number of halogens is 1. The van der Waals surface area contributed by atoms with Gasteiger partial charge in [-0.2, -0.15) is 0 Å². The van der Waals surface area contributed by atoms with E-state index in [4.69, 9.17) is 4.74 Å². The van der Waals surface area contributed by atoms with Gasteiger partial charge in [0, 0.05) is 25.1 Å². The molecule has 0 radical (unpaired) electrons. The number of ether oxygens (including phenoxy) is 1. The molecule has 1 fully saturated rings. The van der Waals surface area contributed by atoms with Crippen LogP contribution in [-0.2, 0) is 17.7 Å². The number of rotatable bonds is 6. The lowest BCUT2D eigenvalue weighted by Crippen LogP contribution is -2.35. The number of hydrogen-bond donors (Lipinski definition) is 0. The Morgan fingerprint density at radius 1 is 0.765 bits per heavy atom. The average molecular weight is 450 g/mol. The van der Waals surface area contributed by atoms with Gasteiger partial charge in [-0.05, 0) is 39.9 Å². The van der Waals surface area contributed by atoms with E-state index in [-0.39, 0.29) is 5.82 Å². The molecule has 34 heavy (non-hydrogen) atoms. The van der Waals surface area contributed by atoms with E-state index in [1.165, 1.54) is 34.4 Å². The summed E-state index contributed by atoms with van der Waals surface area (Å²) in [6, 6.07) is 36.2. The van der Waals surface area contributed by atoms with Gasteiger partial charge in [0.25, 0.3) is 0 Å². The maximum absolute atomic E-state index is 13.5. The summed E-state index contributed by atoms with van der Waals surface area (Å²) >= 11 is 0. The van der Waals surface area contributed by atoms with Gasteiger partial charge in [-0.15, -0.1) is 0 Å². The van der Waals surface area contributed by atoms with Gasteiger partial charge in [0.1, 0.15) is 18.2 Å². The molecule has 1 heterocycles. The first-order valence-electron chi connectivity index (χ1n) is 11.8. The first-order chi connectivity index (χ1) is 16.8. The van der Waals surface area contributed by atoms with Crippen molar-refractivity contribution in [1.29, 1.82) is 0 Å². The molecule has 1 aliphatic rings. The Bertz CT molecular complexity index is 1250. The van der Waals surface area contributed by atoms with Crippen molar-refractivity contribution >= 4 is 5.57 Å². The van der Waals surface area contributed by atoms with E-state index >= 15 is 0 Å². The number of allylic oxidation sites excluding steroid dienone is 1. The van der Waals surface area contributed by atoms with Crippen LogP contribution >= 0.6 is 0 Å². The second-order valence-corrected chi connectivity index (χ2v) is 8.65. The Morgan fingerprint density at radius 2 is 1.44 bits per heavy atom. The average Bonchev–Trinajstić information content (AvgIpc) is 2.89. The molecule has 0 unspecified atom stereocenters. The lowest BCUT2D eigenvalue weighted by atomic mass is 9.91. The SMILES string of the molecule is Fc1ccc(-c2ccccc2CC(=C2CN(Cc3ccccc3)CCO2)c2ccccc2)cc1. The standard InChI is InChI=1S/C31H28FNO/c32-28-17-15-26(16-18-28)29-14-8-7-13-27(29)21-30(25-11-5-2-6-12-25)31-23-33(19-20-34-31)22-24-9-3-1-4-10-24/h1-18H,19-23H2. The van der Waals surface area contributed by atoms with Crippen molar-refractivity contribution in [2.75, 3.05) is 19.7 Å². The molecule has 0 aromatic heterocycles. The number of hydrogen-bond acceptors (Lipinski definition) is 2. The van der Waals surface area contributed by atoms with E-state index in [1.54, 1.807) is 0 Å². The van der Waals surface area contributed by atoms with Crippen molar-refractivity contribution in [2.24, 2.45) is 0 Å². The highest BCUT2D eigenvalue weighted by Gasteiger charge is 2.21. The van der Waals surface area contributed by atoms with Crippen LogP contribution in [0.3, 0.4) is 0 Å². The fourth-order valence-electron chi connectivity index (χ4n) is 4.56. The van der Waals surface area contributed by atoms with Crippen LogP contribution in [0.2, 0.25) is 0 Å². The summed E-state index contributed by atoms with van der Waals surface area (Å²) in [6.07, 6.45) is 0.742. The van der Waals surface area contributed by atoms with E-state index in [9.17, 15) is 4.39 Å². The zero-order chi connectivity index (χ0) is 23.2. The van der Waals surface area contributed by atoms with Gasteiger partial charge in [0.05, 0.1) is 6.54 Å². The van der Waals surface area contributed by atoms with Gasteiger partial charge < -0.3 is 4.74 Å². The lowest BCUT2D eigenvalue weighted by Gasteiger charge is -2.31. The van der Waals surface area contributed by atoms with Crippen molar-refractivity contribution in [3.05, 3.63) is 137 Å². The molecule has 3 heteroatoms. The first-order valence-corrected chi connectivity index (χ1v) is 11.8. The molecule has 4 aromatic carbocycles. The molecule has 170 valence electrons. The summed E-state index contributed by atoms with van der Waals surface area (Å²) < 4.78 is 19.8. The highest BCUT2D eigenvalue weighted by Crippen LogP contribution is 2.32. The van der Waals surface area contributed by atoms with Crippen LogP contribution in [0, 0.1) is 5.82 Å². The Labute approximate surface area is 201 Å². The zero-order valence-electron chi connectivity index (χ0n) is 19.2. The second kappa shape index (κ2) is 10.5. The highest BCUT2D eigenvalue weighted by atomic mass is 19.1. The third-order valence-corrected chi connectivity index (χ3v) is 6.30. The molecular formula is C31H28FNO. The summed E-state index contributed by atoms with van der Waals surface area (Å²) in [7, 11) is 0. The van der Waals surface area contributed by atoms with Gasteiger partial charge in [-0.1, -0.05) is 97.1 Å². The van der Waals surface area contributed by atoms with E-state index in [1.807, 2.05) is 24.3 Å². The molecule has 0 spiro atoms. The smallest absolute Gasteiger partial charge is 0.123 e. The van der Waals surface area contributed by atoms with Crippen molar-refractivity contribution < 1.29 is 9.13 Å². The van der Waals surface area contributed by atoms with Crippen molar-refractivity contribution in [3.63, 3.8) is 0 Å². The van der Waals surface area contributed by atoms with Crippen LogP contribution in [0.25, 0.3) is 16.7 Å². The minimum atomic E-state index is -0.220. The summed E-state index contributed by atoms with van der Waals surface area (Å²) in [4.78, 5) is 2.45. The minimum absolute atomic E-state index is 0.220. The van der Waals surface area contributed by atoms with Crippen LogP contribution in [-0.4, -0.2) is 24.6 Å². The van der Waals surface area contributed by atoms with Crippen LogP contribution < -0.4 is 0 Å². The number of benzene rings is 4. The molecule has 5 rings (SSSR count). The molecule has 0 aliphatic carbocycles. The third kappa shape index (κ3) is 5.27. The summed E-state index contributed by atoms with van der Waals surface area (Å²) in [5.74, 6) is 0.810. The van der Waals surface area contributed by atoms with Crippen LogP contribution in [0.4, 0.5) is 4.39 Å². The molecule has 0 N–H and O–H groups in total. The lowest BCUT2D eigenvalue weighted by molar-refractivity contribution is 0.0906. The van der Waals surface area contributed by atoms with Gasteiger partial charge in [-0.25, -0.2) is 4.39 Å². The van der Waals surface area contributed by atoms with Crippen LogP contribution in [0.5, 0.6) is 0 Å².